The fourth-order valence-electron chi connectivity index (χ4n) is 4.01. The molecule has 184 valence electrons. The lowest BCUT2D eigenvalue weighted by Gasteiger charge is -2.26. The zero-order valence-electron chi connectivity index (χ0n) is 20.0. The normalized spacial score (nSPS) is 13.5. The second kappa shape index (κ2) is 11.0. The number of aromatic hydroxyl groups is 1. The number of ether oxygens (including phenoxy) is 2. The number of rotatable bonds is 9. The third-order valence-corrected chi connectivity index (χ3v) is 5.89. The Morgan fingerprint density at radius 2 is 1.77 bits per heavy atom. The van der Waals surface area contributed by atoms with Crippen molar-refractivity contribution in [1.82, 2.24) is 0 Å². The van der Waals surface area contributed by atoms with Gasteiger partial charge >= 0.3 is 11.7 Å². The molecule has 0 unspecified atom stereocenters. The Bertz CT molecular complexity index is 1210. The van der Waals surface area contributed by atoms with Gasteiger partial charge < -0.3 is 19.8 Å². The first-order chi connectivity index (χ1) is 16.6. The first-order valence-corrected chi connectivity index (χ1v) is 11.2. The van der Waals surface area contributed by atoms with Crippen molar-refractivity contribution in [2.24, 2.45) is 5.92 Å². The molecule has 0 aliphatic rings. The molecule has 0 saturated heterocycles. The van der Waals surface area contributed by atoms with Crippen molar-refractivity contribution in [3.05, 3.63) is 94.2 Å². The number of ketones is 1. The van der Waals surface area contributed by atoms with Crippen LogP contribution in [0.3, 0.4) is 0 Å². The van der Waals surface area contributed by atoms with E-state index in [1.54, 1.807) is 26.0 Å². The van der Waals surface area contributed by atoms with E-state index in [-0.39, 0.29) is 28.6 Å². The van der Waals surface area contributed by atoms with Gasteiger partial charge in [-0.3, -0.25) is 9.59 Å². The highest BCUT2D eigenvalue weighted by molar-refractivity contribution is 5.98. The van der Waals surface area contributed by atoms with Crippen LogP contribution in [0.4, 0.5) is 4.39 Å². The fourth-order valence-corrected chi connectivity index (χ4v) is 4.01. The Kier molecular flexibility index (Phi) is 8.06. The second-order valence-electron chi connectivity index (χ2n) is 8.47. The van der Waals surface area contributed by atoms with Gasteiger partial charge in [-0.05, 0) is 36.6 Å². The molecule has 0 fully saturated rings. The SMILES string of the molecule is COc1cc[n+]([O-])c(C(=O)C[C@@H](C)C(=O)O[C@@H](C)[C@@H](c2ccccc2)c2ccc(F)c(C)c2)c1O. The summed E-state index contributed by atoms with van der Waals surface area (Å²) in [5, 5.41) is 22.3. The predicted molar refractivity (Wildman–Crippen MR) is 127 cm³/mol. The van der Waals surface area contributed by atoms with Crippen molar-refractivity contribution < 1.29 is 33.3 Å². The van der Waals surface area contributed by atoms with E-state index >= 15 is 0 Å². The Morgan fingerprint density at radius 1 is 1.09 bits per heavy atom. The third-order valence-electron chi connectivity index (χ3n) is 5.89. The van der Waals surface area contributed by atoms with Crippen LogP contribution in [-0.4, -0.2) is 30.1 Å². The summed E-state index contributed by atoms with van der Waals surface area (Å²) in [6.45, 7) is 4.92. The number of nitrogens with zero attached hydrogens (tertiary/aromatic N) is 1. The summed E-state index contributed by atoms with van der Waals surface area (Å²) in [4.78, 5) is 25.6. The summed E-state index contributed by atoms with van der Waals surface area (Å²) in [5.74, 6) is -3.54. The largest absolute Gasteiger partial charge is 0.618 e. The van der Waals surface area contributed by atoms with Crippen molar-refractivity contribution in [3.8, 4) is 11.5 Å². The lowest BCUT2D eigenvalue weighted by atomic mass is 9.86. The number of esters is 1. The van der Waals surface area contributed by atoms with Crippen LogP contribution in [0.1, 0.15) is 53.4 Å². The number of hydrogen-bond donors (Lipinski definition) is 1. The van der Waals surface area contributed by atoms with Gasteiger partial charge in [-0.25, -0.2) is 4.39 Å². The van der Waals surface area contributed by atoms with E-state index in [1.165, 1.54) is 26.2 Å². The molecule has 0 aliphatic carbocycles. The highest BCUT2D eigenvalue weighted by atomic mass is 19.1. The van der Waals surface area contributed by atoms with Gasteiger partial charge in [0.15, 0.2) is 11.9 Å². The minimum atomic E-state index is -0.887. The molecule has 1 aromatic heterocycles. The molecule has 0 spiro atoms. The van der Waals surface area contributed by atoms with Crippen molar-refractivity contribution >= 4 is 11.8 Å². The van der Waals surface area contributed by atoms with Crippen LogP contribution in [0.15, 0.2) is 60.8 Å². The highest BCUT2D eigenvalue weighted by Crippen LogP contribution is 2.32. The number of Topliss-reactive ketones (excluding diaryl/α,β-unsaturated/α-hetero) is 1. The first kappa shape index (κ1) is 25.7. The van der Waals surface area contributed by atoms with Crippen LogP contribution in [0.5, 0.6) is 11.5 Å². The van der Waals surface area contributed by atoms with Crippen molar-refractivity contribution in [3.63, 3.8) is 0 Å². The number of methoxy groups -OCH3 is 1. The number of pyridine rings is 1. The monoisotopic (exact) mass is 481 g/mol. The average Bonchev–Trinajstić information content (AvgIpc) is 2.82. The van der Waals surface area contributed by atoms with E-state index in [0.717, 1.165) is 17.3 Å². The summed E-state index contributed by atoms with van der Waals surface area (Å²) < 4.78 is 24.8. The lowest BCUT2D eigenvalue weighted by Crippen LogP contribution is -2.35. The Morgan fingerprint density at radius 3 is 2.40 bits per heavy atom. The highest BCUT2D eigenvalue weighted by Gasteiger charge is 2.31. The molecular weight excluding hydrogens is 453 g/mol. The molecule has 0 amide bonds. The van der Waals surface area contributed by atoms with Gasteiger partial charge in [-0.2, -0.15) is 4.73 Å². The molecule has 3 atom stereocenters. The molecular formula is C27H28FNO6. The minimum absolute atomic E-state index is 0.0235. The van der Waals surface area contributed by atoms with E-state index < -0.39 is 35.2 Å². The van der Waals surface area contributed by atoms with Gasteiger partial charge in [-0.1, -0.05) is 49.4 Å². The smallest absolute Gasteiger partial charge is 0.309 e. The first-order valence-electron chi connectivity index (χ1n) is 11.2. The zero-order valence-corrected chi connectivity index (χ0v) is 20.0. The zero-order chi connectivity index (χ0) is 25.7. The van der Waals surface area contributed by atoms with Gasteiger partial charge in [0.25, 0.3) is 0 Å². The Labute approximate surface area is 203 Å². The molecule has 1 heterocycles. The summed E-state index contributed by atoms with van der Waals surface area (Å²) in [6, 6.07) is 15.4. The average molecular weight is 482 g/mol. The van der Waals surface area contributed by atoms with Gasteiger partial charge in [0.05, 0.1) is 13.0 Å². The number of benzene rings is 2. The quantitative estimate of drug-likeness (QED) is 0.210. The standard InChI is InChI=1S/C27H28FNO6/c1-16-14-20(10-11-21(16)28)24(19-8-6-5-7-9-19)18(3)35-27(32)17(2)15-22(30)25-26(31)23(34-4)12-13-29(25)33/h5-14,17-18,24,31H,15H2,1-4H3/t17-,18+,24+/m1/s1. The van der Waals surface area contributed by atoms with Crippen molar-refractivity contribution in [2.75, 3.05) is 7.11 Å². The Hall–Kier alpha value is -3.94. The number of aryl methyl sites for hydroxylation is 1. The molecule has 35 heavy (non-hydrogen) atoms. The van der Waals surface area contributed by atoms with E-state index in [0.29, 0.717) is 5.56 Å². The Balaban J connectivity index is 1.79. The molecule has 0 aliphatic heterocycles. The van der Waals surface area contributed by atoms with Crippen molar-refractivity contribution in [2.45, 2.75) is 39.2 Å². The van der Waals surface area contributed by atoms with E-state index in [2.05, 4.69) is 0 Å². The predicted octanol–water partition coefficient (Wildman–Crippen LogP) is 4.45. The number of hydrogen-bond acceptors (Lipinski definition) is 6. The van der Waals surface area contributed by atoms with Gasteiger partial charge in [0.2, 0.25) is 11.5 Å². The number of halogens is 1. The molecule has 2 aromatic carbocycles. The molecule has 0 saturated carbocycles. The molecule has 3 rings (SSSR count). The molecule has 1 N–H and O–H groups in total. The van der Waals surface area contributed by atoms with Crippen LogP contribution < -0.4 is 9.47 Å². The van der Waals surface area contributed by atoms with E-state index in [9.17, 15) is 24.3 Å². The number of aromatic nitrogens is 1. The maximum absolute atomic E-state index is 13.9. The van der Waals surface area contributed by atoms with Crippen LogP contribution in [0.25, 0.3) is 0 Å². The van der Waals surface area contributed by atoms with Crippen molar-refractivity contribution in [1.29, 1.82) is 0 Å². The molecule has 0 radical (unpaired) electrons. The summed E-state index contributed by atoms with van der Waals surface area (Å²) in [6.07, 6.45) is 0.0635. The fraction of sp³-hybridized carbons (Fsp3) is 0.296. The van der Waals surface area contributed by atoms with Gasteiger partial charge in [0, 0.05) is 18.4 Å². The summed E-state index contributed by atoms with van der Waals surface area (Å²) >= 11 is 0. The number of carbonyl (C=O) groups excluding carboxylic acids is 2. The van der Waals surface area contributed by atoms with E-state index in [1.807, 2.05) is 30.3 Å². The topological polar surface area (TPSA) is 99.8 Å². The van der Waals surface area contributed by atoms with Crippen LogP contribution in [0.2, 0.25) is 0 Å². The van der Waals surface area contributed by atoms with Crippen LogP contribution in [0, 0.1) is 23.9 Å². The minimum Gasteiger partial charge on any atom is -0.618 e. The maximum atomic E-state index is 13.9. The molecule has 3 aromatic rings. The van der Waals surface area contributed by atoms with Crippen LogP contribution in [-0.2, 0) is 9.53 Å². The van der Waals surface area contributed by atoms with Gasteiger partial charge in [0.1, 0.15) is 11.9 Å². The molecule has 0 bridgehead atoms. The number of carbonyl (C=O) groups is 2. The summed E-state index contributed by atoms with van der Waals surface area (Å²) in [5.41, 5.74) is 1.65. The molecule has 8 heteroatoms. The van der Waals surface area contributed by atoms with E-state index in [4.69, 9.17) is 9.47 Å². The van der Waals surface area contributed by atoms with Gasteiger partial charge in [-0.15, -0.1) is 0 Å². The third kappa shape index (κ3) is 5.77. The van der Waals surface area contributed by atoms with Crippen LogP contribution >= 0.6 is 0 Å². The lowest BCUT2D eigenvalue weighted by molar-refractivity contribution is -0.608. The second-order valence-corrected chi connectivity index (χ2v) is 8.47. The molecule has 7 nitrogen and oxygen atoms in total. The maximum Gasteiger partial charge on any atom is 0.309 e. The summed E-state index contributed by atoms with van der Waals surface area (Å²) in [7, 11) is 1.30.